The third-order valence-corrected chi connectivity index (χ3v) is 10.3. The van der Waals surface area contributed by atoms with Gasteiger partial charge in [0.15, 0.2) is 0 Å². The summed E-state index contributed by atoms with van der Waals surface area (Å²) in [5.41, 5.74) is 7.74. The van der Waals surface area contributed by atoms with E-state index in [1.54, 1.807) is 0 Å². The first-order valence-corrected chi connectivity index (χ1v) is 16.6. The molecule has 4 heteroatoms. The van der Waals surface area contributed by atoms with Crippen LogP contribution in [0, 0.1) is 11.8 Å². The number of amides is 2. The van der Waals surface area contributed by atoms with Crippen molar-refractivity contribution in [2.75, 3.05) is 10.6 Å². The van der Waals surface area contributed by atoms with Crippen molar-refractivity contribution in [3.63, 3.8) is 0 Å². The number of carbonyl (C=O) groups excluding carboxylic acids is 2. The Hall–Kier alpha value is -5.74. The summed E-state index contributed by atoms with van der Waals surface area (Å²) in [5, 5.41) is 6.34. The molecule has 0 radical (unpaired) electrons. The molecule has 2 amide bonds. The number of benzene rings is 6. The number of hydrogen-bond donors (Lipinski definition) is 2. The summed E-state index contributed by atoms with van der Waals surface area (Å²) in [4.78, 5) is 27.1. The number of nitrogens with one attached hydrogen (secondary N) is 2. The zero-order valence-corrected chi connectivity index (χ0v) is 26.6. The van der Waals surface area contributed by atoms with Crippen molar-refractivity contribution in [3.8, 4) is 11.1 Å². The fraction of sp³-hybridized carbons (Fsp3) is 0.136. The molecule has 2 aliphatic carbocycles. The van der Waals surface area contributed by atoms with E-state index in [0.717, 1.165) is 35.3 Å². The SMILES string of the molecule is O=C(Nc1ccc(-c2ccc(NC(=O)[C@@H]3CC3(c3ccccc3)c3ccccc3)cc2)cc1)[C@H]1CC1(c1ccccc1)c1ccccc1. The van der Waals surface area contributed by atoms with Gasteiger partial charge in [-0.15, -0.1) is 0 Å². The number of rotatable bonds is 9. The molecule has 0 heterocycles. The maximum Gasteiger partial charge on any atom is 0.228 e. The quantitative estimate of drug-likeness (QED) is 0.169. The van der Waals surface area contributed by atoms with Crippen LogP contribution in [-0.2, 0) is 20.4 Å². The molecule has 4 nitrogen and oxygen atoms in total. The zero-order valence-electron chi connectivity index (χ0n) is 26.6. The van der Waals surface area contributed by atoms with Gasteiger partial charge in [0.05, 0.1) is 11.8 Å². The van der Waals surface area contributed by atoms with Crippen molar-refractivity contribution >= 4 is 23.2 Å². The fourth-order valence-electron chi connectivity index (χ4n) is 7.66. The van der Waals surface area contributed by atoms with Gasteiger partial charge in [0.25, 0.3) is 0 Å². The molecule has 234 valence electrons. The Morgan fingerprint density at radius 1 is 0.396 bits per heavy atom. The van der Waals surface area contributed by atoms with E-state index in [-0.39, 0.29) is 34.5 Å². The molecular weight excluding hydrogens is 588 g/mol. The lowest BCUT2D eigenvalue weighted by atomic mass is 9.85. The highest BCUT2D eigenvalue weighted by Gasteiger charge is 2.61. The normalized spacial score (nSPS) is 18.3. The highest BCUT2D eigenvalue weighted by molar-refractivity contribution is 5.98. The average molecular weight is 625 g/mol. The third-order valence-electron chi connectivity index (χ3n) is 10.3. The van der Waals surface area contributed by atoms with E-state index in [2.05, 4.69) is 59.2 Å². The summed E-state index contributed by atoms with van der Waals surface area (Å²) in [7, 11) is 0. The first-order chi connectivity index (χ1) is 23.6. The second-order valence-corrected chi connectivity index (χ2v) is 13.1. The Morgan fingerprint density at radius 3 is 0.938 bits per heavy atom. The highest BCUT2D eigenvalue weighted by Crippen LogP contribution is 2.60. The van der Waals surface area contributed by atoms with Gasteiger partial charge < -0.3 is 10.6 Å². The van der Waals surface area contributed by atoms with Crippen molar-refractivity contribution in [2.24, 2.45) is 11.8 Å². The Kier molecular flexibility index (Phi) is 7.49. The molecule has 2 saturated carbocycles. The molecule has 0 spiro atoms. The van der Waals surface area contributed by atoms with Crippen molar-refractivity contribution < 1.29 is 9.59 Å². The van der Waals surface area contributed by atoms with Crippen molar-refractivity contribution in [1.82, 2.24) is 0 Å². The van der Waals surface area contributed by atoms with E-state index in [4.69, 9.17) is 0 Å². The van der Waals surface area contributed by atoms with E-state index in [1.165, 1.54) is 22.3 Å². The Morgan fingerprint density at radius 2 is 0.667 bits per heavy atom. The Labute approximate surface area is 281 Å². The summed E-state index contributed by atoms with van der Waals surface area (Å²) in [5.74, 6) is -0.193. The van der Waals surface area contributed by atoms with Crippen LogP contribution in [0.3, 0.4) is 0 Å². The molecule has 6 aromatic carbocycles. The van der Waals surface area contributed by atoms with Crippen molar-refractivity contribution in [2.45, 2.75) is 23.7 Å². The lowest BCUT2D eigenvalue weighted by molar-refractivity contribution is -0.118. The molecule has 48 heavy (non-hydrogen) atoms. The first-order valence-electron chi connectivity index (χ1n) is 16.6. The molecule has 0 saturated heterocycles. The van der Waals surface area contributed by atoms with Crippen LogP contribution in [0.4, 0.5) is 11.4 Å². The summed E-state index contributed by atoms with van der Waals surface area (Å²) < 4.78 is 0. The number of hydrogen-bond acceptors (Lipinski definition) is 2. The topological polar surface area (TPSA) is 58.2 Å². The van der Waals surface area contributed by atoms with E-state index in [9.17, 15) is 9.59 Å². The van der Waals surface area contributed by atoms with Crippen LogP contribution in [0.1, 0.15) is 35.1 Å². The van der Waals surface area contributed by atoms with Crippen LogP contribution in [-0.4, -0.2) is 11.8 Å². The standard InChI is InChI=1S/C44H36N2O2/c47-41(39-29-43(39,33-13-5-1-6-14-33)34-15-7-2-8-16-34)45-37-25-21-31(22-26-37)32-23-27-38(28-24-32)46-42(48)40-30-44(40,35-17-9-3-10-18-35)36-19-11-4-12-20-36/h1-28,39-40H,29-30H2,(H,45,47)(H,46,48)/t39-,40+. The van der Waals surface area contributed by atoms with Crippen molar-refractivity contribution in [3.05, 3.63) is 192 Å². The highest BCUT2D eigenvalue weighted by atomic mass is 16.2. The molecule has 0 aromatic heterocycles. The molecule has 0 bridgehead atoms. The lowest BCUT2D eigenvalue weighted by Crippen LogP contribution is -2.22. The summed E-state index contributed by atoms with van der Waals surface area (Å²) in [6.45, 7) is 0. The van der Waals surface area contributed by atoms with Gasteiger partial charge in [-0.05, 0) is 70.5 Å². The maximum atomic E-state index is 13.5. The lowest BCUT2D eigenvalue weighted by Gasteiger charge is -2.19. The second kappa shape index (κ2) is 12.1. The number of carbonyl (C=O) groups is 2. The van der Waals surface area contributed by atoms with Gasteiger partial charge in [-0.25, -0.2) is 0 Å². The monoisotopic (exact) mass is 624 g/mol. The predicted molar refractivity (Wildman–Crippen MR) is 193 cm³/mol. The molecule has 2 fully saturated rings. The molecule has 0 aliphatic heterocycles. The number of anilines is 2. The van der Waals surface area contributed by atoms with Crippen LogP contribution in [0.15, 0.2) is 170 Å². The first kappa shape index (κ1) is 29.6. The fourth-order valence-corrected chi connectivity index (χ4v) is 7.66. The third kappa shape index (κ3) is 5.29. The molecule has 2 atom stereocenters. The van der Waals surface area contributed by atoms with Crippen LogP contribution in [0.5, 0.6) is 0 Å². The van der Waals surface area contributed by atoms with Gasteiger partial charge in [-0.1, -0.05) is 146 Å². The van der Waals surface area contributed by atoms with Gasteiger partial charge in [-0.2, -0.15) is 0 Å². The van der Waals surface area contributed by atoms with E-state index in [0.29, 0.717) is 0 Å². The van der Waals surface area contributed by atoms with Crippen LogP contribution in [0.25, 0.3) is 11.1 Å². The second-order valence-electron chi connectivity index (χ2n) is 13.1. The van der Waals surface area contributed by atoms with Gasteiger partial charge in [-0.3, -0.25) is 9.59 Å². The molecule has 8 rings (SSSR count). The molecule has 2 aliphatic rings. The van der Waals surface area contributed by atoms with E-state index < -0.39 is 0 Å². The molecule has 2 N–H and O–H groups in total. The summed E-state index contributed by atoms with van der Waals surface area (Å²) >= 11 is 0. The minimum absolute atomic E-state index is 0.0368. The van der Waals surface area contributed by atoms with E-state index in [1.807, 2.05) is 121 Å². The summed E-state index contributed by atoms with van der Waals surface area (Å²) in [6.07, 6.45) is 1.57. The largest absolute Gasteiger partial charge is 0.326 e. The molecule has 0 unspecified atom stereocenters. The van der Waals surface area contributed by atoms with Gasteiger partial charge in [0, 0.05) is 22.2 Å². The van der Waals surface area contributed by atoms with Gasteiger partial charge in [0.2, 0.25) is 11.8 Å². The van der Waals surface area contributed by atoms with Crippen LogP contribution < -0.4 is 10.6 Å². The minimum Gasteiger partial charge on any atom is -0.326 e. The van der Waals surface area contributed by atoms with Gasteiger partial charge >= 0.3 is 0 Å². The van der Waals surface area contributed by atoms with Gasteiger partial charge in [0.1, 0.15) is 0 Å². The molecule has 6 aromatic rings. The van der Waals surface area contributed by atoms with E-state index >= 15 is 0 Å². The van der Waals surface area contributed by atoms with Crippen LogP contribution in [0.2, 0.25) is 0 Å². The van der Waals surface area contributed by atoms with Crippen molar-refractivity contribution in [1.29, 1.82) is 0 Å². The maximum absolute atomic E-state index is 13.5. The Bertz CT molecular complexity index is 1810. The average Bonchev–Trinajstić information content (AvgIpc) is 4.08. The molecular formula is C44H36N2O2. The van der Waals surface area contributed by atoms with Crippen LogP contribution >= 0.6 is 0 Å². The Balaban J connectivity index is 0.927. The summed E-state index contributed by atoms with van der Waals surface area (Å²) in [6, 6.07) is 57.3. The smallest absolute Gasteiger partial charge is 0.228 e. The minimum atomic E-state index is -0.298. The zero-order chi connectivity index (χ0) is 32.6. The predicted octanol–water partition coefficient (Wildman–Crippen LogP) is 9.24.